The number of nitrogens with one attached hydrogen (secondary N) is 6. The topological polar surface area (TPSA) is 211 Å². The maximum atomic E-state index is 14.2. The van der Waals surface area contributed by atoms with Gasteiger partial charge in [-0.2, -0.15) is 50.5 Å². The number of hydrogen-bond acceptors (Lipinski definition) is 14. The summed E-state index contributed by atoms with van der Waals surface area (Å²) in [4.78, 5) is 75.5. The maximum absolute atomic E-state index is 14.2. The first-order chi connectivity index (χ1) is 49.0. The molecule has 8 bridgehead atoms. The Hall–Kier alpha value is -11.2. The molecule has 3 aromatic heterocycles. The first-order valence-corrected chi connectivity index (χ1v) is 34.6. The van der Waals surface area contributed by atoms with Crippen molar-refractivity contribution in [3.05, 3.63) is 263 Å². The van der Waals surface area contributed by atoms with Gasteiger partial charge in [-0.15, -0.1) is 0 Å². The molecule has 2 aliphatic heterocycles. The third-order valence-corrected chi connectivity index (χ3v) is 18.0. The van der Waals surface area contributed by atoms with Crippen LogP contribution in [0, 0.1) is 0 Å². The molecule has 4 amide bonds. The number of rotatable bonds is 24. The SMILES string of the molecule is O=C(COc1ccccc1CS)Nc1ccccc1-c1c2nc(c(-c3ccccc3NC(=O)COc3ccccc3CS)c3ccc([nH]3)c(-c3ccccc3NC(=O)COc3ccccc3CS)c3nc(c(-c4ccccc4NC(=O)COc4ccccc4CS)c4ccc1[nH]4)C=C3)C=C2. The average molecular weight is 1400 g/mol. The van der Waals surface area contributed by atoms with Crippen LogP contribution in [0.15, 0.2) is 218 Å². The largest absolute Gasteiger partial charge is 0.483 e. The van der Waals surface area contributed by atoms with Crippen LogP contribution in [0.2, 0.25) is 0 Å². The van der Waals surface area contributed by atoms with Gasteiger partial charge in [-0.05, 0) is 97.1 Å². The number of carbonyl (C=O) groups is 4. The number of thiol groups is 4. The Morgan fingerprint density at radius 2 is 0.500 bits per heavy atom. The smallest absolute Gasteiger partial charge is 0.262 e. The van der Waals surface area contributed by atoms with Crippen LogP contribution in [0.1, 0.15) is 45.0 Å². The first-order valence-electron chi connectivity index (χ1n) is 32.0. The first kappa shape index (κ1) is 67.4. The highest BCUT2D eigenvalue weighted by molar-refractivity contribution is 7.79. The Kier molecular flexibility index (Phi) is 21.3. The molecule has 498 valence electrons. The number of fused-ring (bicyclic) bond motifs is 8. The number of ether oxygens (including phenoxy) is 4. The molecule has 5 heterocycles. The Bertz CT molecular complexity index is 4560. The second kappa shape index (κ2) is 31.6. The summed E-state index contributed by atoms with van der Waals surface area (Å²) in [6, 6.07) is 67.5. The number of nitrogens with zero attached hydrogens (tertiary/aromatic N) is 2. The van der Waals surface area contributed by atoms with Crippen molar-refractivity contribution < 1.29 is 38.1 Å². The molecule has 0 saturated heterocycles. The van der Waals surface area contributed by atoms with Crippen LogP contribution in [0.3, 0.4) is 0 Å². The van der Waals surface area contributed by atoms with Gasteiger partial charge in [0.2, 0.25) is 0 Å². The second-order valence-corrected chi connectivity index (χ2v) is 24.4. The van der Waals surface area contributed by atoms with Crippen molar-refractivity contribution >= 4 is 143 Å². The predicted molar refractivity (Wildman–Crippen MR) is 414 cm³/mol. The molecular weight excluding hydrogens is 1330 g/mol. The second-order valence-electron chi connectivity index (χ2n) is 23.1. The Labute approximate surface area is 599 Å². The third-order valence-electron chi connectivity index (χ3n) is 16.6. The van der Waals surface area contributed by atoms with Gasteiger partial charge in [-0.3, -0.25) is 19.2 Å². The number of para-hydroxylation sites is 8. The molecule has 8 aromatic carbocycles. The zero-order chi connectivity index (χ0) is 68.9. The molecular formula is C80H66N8O8S4. The molecule has 6 N–H and O–H groups in total. The molecule has 0 unspecified atom stereocenters. The monoisotopic (exact) mass is 1390 g/mol. The minimum Gasteiger partial charge on any atom is -0.483 e. The Balaban J connectivity index is 1.03. The Morgan fingerprint density at radius 3 is 0.730 bits per heavy atom. The van der Waals surface area contributed by atoms with Gasteiger partial charge < -0.3 is 50.2 Å². The van der Waals surface area contributed by atoms with Crippen molar-refractivity contribution in [1.82, 2.24) is 19.9 Å². The van der Waals surface area contributed by atoms with E-state index < -0.39 is 23.6 Å². The lowest BCUT2D eigenvalue weighted by atomic mass is 10.0. The van der Waals surface area contributed by atoms with Crippen LogP contribution in [-0.4, -0.2) is 70.0 Å². The number of hydrogen-bond donors (Lipinski definition) is 10. The summed E-state index contributed by atoms with van der Waals surface area (Å²) < 4.78 is 24.4. The summed E-state index contributed by atoms with van der Waals surface area (Å²) in [5, 5.41) is 12.6. The van der Waals surface area contributed by atoms with Gasteiger partial charge in [-0.25, -0.2) is 9.97 Å². The highest BCUT2D eigenvalue weighted by Gasteiger charge is 2.25. The number of carbonyl (C=O) groups excluding carboxylic acids is 4. The zero-order valence-corrected chi connectivity index (χ0v) is 57.3. The fourth-order valence-corrected chi connectivity index (χ4v) is 13.0. The van der Waals surface area contributed by atoms with Crippen molar-refractivity contribution in [3.63, 3.8) is 0 Å². The van der Waals surface area contributed by atoms with E-state index in [1.807, 2.05) is 218 Å². The van der Waals surface area contributed by atoms with Crippen LogP contribution in [0.5, 0.6) is 23.0 Å². The number of amides is 4. The van der Waals surface area contributed by atoms with Crippen molar-refractivity contribution in [2.24, 2.45) is 0 Å². The van der Waals surface area contributed by atoms with Crippen LogP contribution < -0.4 is 40.2 Å². The van der Waals surface area contributed by atoms with E-state index in [-0.39, 0.29) is 26.4 Å². The molecule has 13 rings (SSSR count). The summed E-state index contributed by atoms with van der Waals surface area (Å²) in [6.45, 7) is -1.17. The number of benzene rings is 8. The fourth-order valence-electron chi connectivity index (χ4n) is 12.0. The molecule has 0 aliphatic carbocycles. The molecule has 0 fully saturated rings. The van der Waals surface area contributed by atoms with Gasteiger partial charge >= 0.3 is 0 Å². The number of aromatic amines is 2. The number of anilines is 4. The summed E-state index contributed by atoms with van der Waals surface area (Å²) >= 11 is 18.0. The van der Waals surface area contributed by atoms with Gasteiger partial charge in [0.15, 0.2) is 26.4 Å². The van der Waals surface area contributed by atoms with Gasteiger partial charge in [0.05, 0.1) is 22.8 Å². The molecule has 20 heteroatoms. The van der Waals surface area contributed by atoms with Crippen LogP contribution in [0.25, 0.3) is 90.9 Å². The summed E-state index contributed by atoms with van der Waals surface area (Å²) in [5.74, 6) is 2.24. The molecule has 2 aliphatic rings. The fraction of sp³-hybridized carbons (Fsp3) is 0.100. The number of H-pyrrole nitrogens is 2. The van der Waals surface area contributed by atoms with Crippen molar-refractivity contribution in [3.8, 4) is 67.5 Å². The van der Waals surface area contributed by atoms with Crippen LogP contribution >= 0.6 is 50.5 Å². The summed E-state index contributed by atoms with van der Waals surface area (Å²) in [7, 11) is 0. The maximum Gasteiger partial charge on any atom is 0.262 e. The van der Waals surface area contributed by atoms with Crippen molar-refractivity contribution in [2.45, 2.75) is 23.0 Å². The lowest BCUT2D eigenvalue weighted by Crippen LogP contribution is -2.21. The lowest BCUT2D eigenvalue weighted by Gasteiger charge is -2.15. The Morgan fingerprint density at radius 1 is 0.290 bits per heavy atom. The molecule has 100 heavy (non-hydrogen) atoms. The summed E-state index contributed by atoms with van der Waals surface area (Å²) in [6.07, 6.45) is 7.69. The van der Waals surface area contributed by atoms with E-state index in [1.165, 1.54) is 0 Å². The van der Waals surface area contributed by atoms with E-state index in [2.05, 4.69) is 81.8 Å². The highest BCUT2D eigenvalue weighted by atomic mass is 32.1. The minimum atomic E-state index is -0.406. The van der Waals surface area contributed by atoms with Crippen molar-refractivity contribution in [1.29, 1.82) is 0 Å². The van der Waals surface area contributed by atoms with E-state index >= 15 is 0 Å². The normalized spacial score (nSPS) is 11.4. The number of aromatic nitrogens is 4. The van der Waals surface area contributed by atoms with Gasteiger partial charge in [0.25, 0.3) is 23.6 Å². The minimum absolute atomic E-state index is 0.292. The molecule has 0 spiro atoms. The van der Waals surface area contributed by atoms with Crippen molar-refractivity contribution in [2.75, 3.05) is 47.7 Å². The predicted octanol–water partition coefficient (Wildman–Crippen LogP) is 17.1. The van der Waals surface area contributed by atoms with E-state index in [1.54, 1.807) is 24.3 Å². The molecule has 0 radical (unpaired) electrons. The quantitative estimate of drug-likeness (QED) is 0.0259. The van der Waals surface area contributed by atoms with E-state index in [0.29, 0.717) is 158 Å². The van der Waals surface area contributed by atoms with Gasteiger partial charge in [-0.1, -0.05) is 146 Å². The lowest BCUT2D eigenvalue weighted by molar-refractivity contribution is -0.118. The average Bonchev–Trinajstić information content (AvgIpc) is 1.59. The molecule has 0 atom stereocenters. The molecule has 0 saturated carbocycles. The molecule has 16 nitrogen and oxygen atoms in total. The highest BCUT2D eigenvalue weighted by Crippen LogP contribution is 2.43. The van der Waals surface area contributed by atoms with E-state index in [0.717, 1.165) is 22.3 Å². The van der Waals surface area contributed by atoms with E-state index in [4.69, 9.17) is 28.9 Å². The zero-order valence-electron chi connectivity index (χ0n) is 53.7. The standard InChI is InChI=1S/C80H66N8O8S4/c89-73(41-93-69-29-13-1-17-49(69)45-97)85-57-25-9-5-21-53(57)77-61-33-35-63(81-61)78(54-22-6-10-26-58(54)86-74(90)42-94-70-30-14-2-18-50(70)46-98)65-37-39-67(83-65)80(56-24-8-12-28-60(56)88-76(92)44-96-72-32-16-4-20-52(72)48-100)68-40-38-66(84-68)79(64-36-34-62(77)82-64)55-23-7-11-27-59(55)87-75(91)43-95-71-31-15-3-19-51(71)47-99/h1-40,81,84,97-100H,41-48H2,(H,85,89)(H,86,90)(H,87,91)(H,88,92). The van der Waals surface area contributed by atoms with Gasteiger partial charge in [0, 0.05) is 135 Å². The molecule has 11 aromatic rings. The third kappa shape index (κ3) is 15.2. The van der Waals surface area contributed by atoms with E-state index in [9.17, 15) is 19.2 Å². The van der Waals surface area contributed by atoms with Crippen LogP contribution in [-0.2, 0) is 42.2 Å². The van der Waals surface area contributed by atoms with Gasteiger partial charge in [0.1, 0.15) is 23.0 Å². The van der Waals surface area contributed by atoms with Crippen LogP contribution in [0.4, 0.5) is 22.7 Å². The summed E-state index contributed by atoms with van der Waals surface area (Å²) in [5.41, 5.74) is 14.6.